The second-order valence-electron chi connectivity index (χ2n) is 5.80. The van der Waals surface area contributed by atoms with E-state index in [1.165, 1.54) is 16.4 Å². The van der Waals surface area contributed by atoms with Gasteiger partial charge in [0.05, 0.1) is 0 Å². The van der Waals surface area contributed by atoms with Crippen LogP contribution in [0.5, 0.6) is 0 Å². The van der Waals surface area contributed by atoms with E-state index in [9.17, 15) is 12.8 Å². The summed E-state index contributed by atoms with van der Waals surface area (Å²) in [5.74, 6) is -0.813. The summed E-state index contributed by atoms with van der Waals surface area (Å²) in [6.07, 6.45) is 0. The van der Waals surface area contributed by atoms with Crippen molar-refractivity contribution < 1.29 is 12.8 Å². The molecule has 1 aromatic rings. The Hall–Kier alpha value is -1.49. The molecule has 0 unspecified atom stereocenters. The fraction of sp³-hybridized carbons (Fsp3) is 0.500. The minimum absolute atomic E-state index is 0.259. The lowest BCUT2D eigenvalue weighted by molar-refractivity contribution is 0.0801. The quantitative estimate of drug-likeness (QED) is 0.828. The van der Waals surface area contributed by atoms with Gasteiger partial charge in [-0.25, -0.2) is 12.8 Å². The Labute approximate surface area is 124 Å². The zero-order valence-electron chi connectivity index (χ0n) is 12.3. The first-order chi connectivity index (χ1) is 9.70. The maximum absolute atomic E-state index is 13.6. The highest BCUT2D eigenvalue weighted by Crippen LogP contribution is 2.27. The molecule has 0 N–H and O–H groups in total. The summed E-state index contributed by atoms with van der Waals surface area (Å²) in [4.78, 5) is 1.82. The number of nitrogens with zero attached hydrogens (tertiary/aromatic N) is 3. The van der Waals surface area contributed by atoms with E-state index < -0.39 is 21.4 Å². The number of sulfonamides is 1. The lowest BCUT2D eigenvalue weighted by Gasteiger charge is -2.44. The van der Waals surface area contributed by atoms with E-state index in [2.05, 4.69) is 4.90 Å². The second kappa shape index (κ2) is 5.37. The SMILES string of the molecule is CN1CCN(S(=O)(=O)c2cccc(F)c2C#N)CC1(C)C. The molecule has 0 atom stereocenters. The van der Waals surface area contributed by atoms with Crippen LogP contribution in [0, 0.1) is 17.1 Å². The minimum atomic E-state index is -3.88. The normalized spacial score (nSPS) is 20.1. The van der Waals surface area contributed by atoms with Crippen molar-refractivity contribution in [3.63, 3.8) is 0 Å². The highest BCUT2D eigenvalue weighted by atomic mass is 32.2. The Morgan fingerprint density at radius 1 is 1.33 bits per heavy atom. The first-order valence-corrected chi connectivity index (χ1v) is 8.04. The van der Waals surface area contributed by atoms with Crippen molar-refractivity contribution in [3.8, 4) is 6.07 Å². The summed E-state index contributed by atoms with van der Waals surface area (Å²) < 4.78 is 40.4. The molecular weight excluding hydrogens is 293 g/mol. The van der Waals surface area contributed by atoms with Crippen LogP contribution in [0.15, 0.2) is 23.1 Å². The van der Waals surface area contributed by atoms with Crippen LogP contribution >= 0.6 is 0 Å². The van der Waals surface area contributed by atoms with Crippen molar-refractivity contribution in [1.82, 2.24) is 9.21 Å². The molecule has 21 heavy (non-hydrogen) atoms. The molecule has 5 nitrogen and oxygen atoms in total. The predicted octanol–water partition coefficient (Wildman–Crippen LogP) is 1.41. The van der Waals surface area contributed by atoms with Crippen LogP contribution in [0.2, 0.25) is 0 Å². The summed E-state index contributed by atoms with van der Waals surface area (Å²) in [5.41, 5.74) is -0.736. The van der Waals surface area contributed by atoms with Crippen molar-refractivity contribution in [2.24, 2.45) is 0 Å². The fourth-order valence-electron chi connectivity index (χ4n) is 2.37. The fourth-order valence-corrected chi connectivity index (χ4v) is 4.11. The van der Waals surface area contributed by atoms with Gasteiger partial charge in [0.1, 0.15) is 22.3 Å². The van der Waals surface area contributed by atoms with Gasteiger partial charge < -0.3 is 0 Å². The lowest BCUT2D eigenvalue weighted by atomic mass is 10.0. The Bertz CT molecular complexity index is 695. The molecule has 1 heterocycles. The van der Waals surface area contributed by atoms with Crippen molar-refractivity contribution in [1.29, 1.82) is 5.26 Å². The lowest BCUT2D eigenvalue weighted by Crippen LogP contribution is -2.58. The van der Waals surface area contributed by atoms with Gasteiger partial charge in [0.15, 0.2) is 0 Å². The topological polar surface area (TPSA) is 64.4 Å². The molecule has 7 heteroatoms. The molecule has 0 spiro atoms. The second-order valence-corrected chi connectivity index (χ2v) is 7.70. The van der Waals surface area contributed by atoms with Crippen LogP contribution in [-0.4, -0.2) is 49.8 Å². The highest BCUT2D eigenvalue weighted by Gasteiger charge is 2.38. The Morgan fingerprint density at radius 2 is 2.00 bits per heavy atom. The summed E-state index contributed by atoms with van der Waals surface area (Å²) >= 11 is 0. The van der Waals surface area contributed by atoms with Gasteiger partial charge in [-0.15, -0.1) is 0 Å². The molecule has 0 aromatic heterocycles. The first-order valence-electron chi connectivity index (χ1n) is 6.60. The van der Waals surface area contributed by atoms with Crippen LogP contribution < -0.4 is 0 Å². The van der Waals surface area contributed by atoms with Crippen LogP contribution in [0.3, 0.4) is 0 Å². The molecule has 114 valence electrons. The molecule has 1 saturated heterocycles. The molecule has 0 amide bonds. The number of hydrogen-bond acceptors (Lipinski definition) is 4. The number of benzene rings is 1. The van der Waals surface area contributed by atoms with Crippen molar-refractivity contribution in [2.45, 2.75) is 24.3 Å². The summed E-state index contributed by atoms with van der Waals surface area (Å²) in [5, 5.41) is 9.02. The summed E-state index contributed by atoms with van der Waals surface area (Å²) in [6.45, 7) is 5.11. The van der Waals surface area contributed by atoms with Crippen LogP contribution in [-0.2, 0) is 10.0 Å². The third-order valence-electron chi connectivity index (χ3n) is 3.99. The molecule has 1 aromatic carbocycles. The zero-order chi connectivity index (χ0) is 15.8. The molecule has 0 saturated carbocycles. The van der Waals surface area contributed by atoms with Crippen molar-refractivity contribution in [2.75, 3.05) is 26.7 Å². The van der Waals surface area contributed by atoms with E-state index >= 15 is 0 Å². The molecule has 1 fully saturated rings. The van der Waals surface area contributed by atoms with Gasteiger partial charge in [-0.05, 0) is 33.0 Å². The number of nitriles is 1. The molecule has 0 bridgehead atoms. The molecular formula is C14H18FN3O2S. The van der Waals surface area contributed by atoms with Crippen LogP contribution in [0.25, 0.3) is 0 Å². The predicted molar refractivity (Wildman–Crippen MR) is 76.6 cm³/mol. The number of piperazine rings is 1. The standard InChI is InChI=1S/C14H18FN3O2S/c1-14(2)10-18(8-7-17(14)3)21(19,20)13-6-4-5-12(15)11(13)9-16/h4-6H,7-8,10H2,1-3H3. The monoisotopic (exact) mass is 311 g/mol. The minimum Gasteiger partial charge on any atom is -0.299 e. The smallest absolute Gasteiger partial charge is 0.244 e. The van der Waals surface area contributed by atoms with Crippen molar-refractivity contribution >= 4 is 10.0 Å². The molecule has 1 aliphatic rings. The third-order valence-corrected chi connectivity index (χ3v) is 5.87. The van der Waals surface area contributed by atoms with E-state index in [1.807, 2.05) is 20.9 Å². The number of rotatable bonds is 2. The maximum Gasteiger partial charge on any atom is 0.244 e. The number of likely N-dealkylation sites (N-methyl/N-ethyl adjacent to an activating group) is 1. The van der Waals surface area contributed by atoms with Gasteiger partial charge in [-0.2, -0.15) is 9.57 Å². The van der Waals surface area contributed by atoms with Gasteiger partial charge in [-0.3, -0.25) is 4.90 Å². The zero-order valence-corrected chi connectivity index (χ0v) is 13.1. The molecule has 1 aliphatic heterocycles. The van der Waals surface area contributed by atoms with E-state index in [4.69, 9.17) is 5.26 Å². The first kappa shape index (κ1) is 15.9. The number of halogens is 1. The van der Waals surface area contributed by atoms with Crippen LogP contribution in [0.4, 0.5) is 4.39 Å². The van der Waals surface area contributed by atoms with Gasteiger partial charge in [0, 0.05) is 25.2 Å². The van der Waals surface area contributed by atoms with Gasteiger partial charge in [0.25, 0.3) is 0 Å². The van der Waals surface area contributed by atoms with Gasteiger partial charge in [0.2, 0.25) is 10.0 Å². The summed E-state index contributed by atoms with van der Waals surface area (Å²) in [7, 11) is -1.94. The van der Waals surface area contributed by atoms with Crippen molar-refractivity contribution in [3.05, 3.63) is 29.6 Å². The van der Waals surface area contributed by atoms with E-state index in [0.29, 0.717) is 19.6 Å². The maximum atomic E-state index is 13.6. The van der Waals surface area contributed by atoms with E-state index in [1.54, 1.807) is 6.07 Å². The van der Waals surface area contributed by atoms with Crippen LogP contribution in [0.1, 0.15) is 19.4 Å². The summed E-state index contributed by atoms with van der Waals surface area (Å²) in [6, 6.07) is 5.33. The largest absolute Gasteiger partial charge is 0.299 e. The Kier molecular flexibility index (Phi) is 4.06. The van der Waals surface area contributed by atoms with E-state index in [0.717, 1.165) is 6.07 Å². The average Bonchev–Trinajstić information content (AvgIpc) is 2.41. The van der Waals surface area contributed by atoms with Gasteiger partial charge >= 0.3 is 0 Å². The highest BCUT2D eigenvalue weighted by molar-refractivity contribution is 7.89. The van der Waals surface area contributed by atoms with Gasteiger partial charge in [-0.1, -0.05) is 6.07 Å². The molecule has 2 rings (SSSR count). The Balaban J connectivity index is 2.45. The molecule has 0 aliphatic carbocycles. The molecule has 0 radical (unpaired) electrons. The average molecular weight is 311 g/mol. The number of hydrogen-bond donors (Lipinski definition) is 0. The Morgan fingerprint density at radius 3 is 2.57 bits per heavy atom. The van der Waals surface area contributed by atoms with E-state index in [-0.39, 0.29) is 10.4 Å². The third kappa shape index (κ3) is 2.79.